The third-order valence-electron chi connectivity index (χ3n) is 8.92. The van der Waals surface area contributed by atoms with E-state index < -0.39 is 0 Å². The van der Waals surface area contributed by atoms with Gasteiger partial charge in [-0.2, -0.15) is 0 Å². The van der Waals surface area contributed by atoms with E-state index >= 15 is 0 Å². The molecule has 2 nitrogen and oxygen atoms in total. The fourth-order valence-corrected chi connectivity index (χ4v) is 6.91. The van der Waals surface area contributed by atoms with Crippen molar-refractivity contribution in [2.24, 2.45) is 0 Å². The monoisotopic (exact) mass is 560 g/mol. The van der Waals surface area contributed by atoms with Crippen LogP contribution < -0.4 is 0 Å². The normalized spacial score (nSPS) is 11.6. The molecule has 0 saturated heterocycles. The van der Waals surface area contributed by atoms with E-state index in [1.165, 1.54) is 71.4 Å². The highest BCUT2D eigenvalue weighted by Gasteiger charge is 2.17. The van der Waals surface area contributed by atoms with Crippen molar-refractivity contribution in [2.75, 3.05) is 0 Å². The van der Waals surface area contributed by atoms with Gasteiger partial charge < -0.3 is 9.13 Å². The third kappa shape index (κ3) is 3.82. The average molecular weight is 561 g/mol. The molecule has 0 unspecified atom stereocenters. The zero-order valence-corrected chi connectivity index (χ0v) is 24.1. The van der Waals surface area contributed by atoms with Crippen molar-refractivity contribution in [1.82, 2.24) is 9.13 Å². The number of para-hydroxylation sites is 2. The van der Waals surface area contributed by atoms with E-state index in [0.717, 1.165) is 5.69 Å². The van der Waals surface area contributed by atoms with Gasteiger partial charge in [-0.3, -0.25) is 0 Å². The molecule has 2 aromatic heterocycles. The summed E-state index contributed by atoms with van der Waals surface area (Å²) < 4.78 is 4.76. The van der Waals surface area contributed by atoms with E-state index in [4.69, 9.17) is 0 Å². The summed E-state index contributed by atoms with van der Waals surface area (Å²) in [4.78, 5) is 0. The third-order valence-corrected chi connectivity index (χ3v) is 8.92. The van der Waals surface area contributed by atoms with Crippen LogP contribution in [0.25, 0.3) is 77.1 Å². The van der Waals surface area contributed by atoms with Crippen LogP contribution in [0.5, 0.6) is 0 Å². The molecule has 0 spiro atoms. The van der Waals surface area contributed by atoms with E-state index in [1.54, 1.807) is 0 Å². The van der Waals surface area contributed by atoms with E-state index in [2.05, 4.69) is 179 Å². The number of aromatic nitrogens is 2. The Morgan fingerprint density at radius 3 is 1.57 bits per heavy atom. The first-order chi connectivity index (χ1) is 21.8. The predicted octanol–water partition coefficient (Wildman–Crippen LogP) is 11.2. The van der Waals surface area contributed by atoms with Crippen molar-refractivity contribution in [3.63, 3.8) is 0 Å². The van der Waals surface area contributed by atoms with Crippen molar-refractivity contribution >= 4 is 43.5 Å². The van der Waals surface area contributed by atoms with Gasteiger partial charge in [0.05, 0.1) is 16.6 Å². The molecule has 44 heavy (non-hydrogen) atoms. The lowest BCUT2D eigenvalue weighted by Crippen LogP contribution is -1.95. The van der Waals surface area contributed by atoms with Gasteiger partial charge in [0.2, 0.25) is 0 Å². The van der Waals surface area contributed by atoms with Crippen molar-refractivity contribution < 1.29 is 0 Å². The zero-order chi connectivity index (χ0) is 29.0. The molecular formula is C42H28N2. The molecule has 0 saturated carbocycles. The number of benzene rings is 7. The molecule has 0 amide bonds. The lowest BCUT2D eigenvalue weighted by Gasteiger charge is -2.14. The van der Waals surface area contributed by atoms with Gasteiger partial charge in [-0.05, 0) is 76.2 Å². The van der Waals surface area contributed by atoms with Crippen LogP contribution >= 0.6 is 0 Å². The Balaban J connectivity index is 1.30. The highest BCUT2D eigenvalue weighted by atomic mass is 15.0. The standard InChI is InChI=1S/C42H28N2/c1-4-12-29(13-5-1)31-26-32(30-14-6-2-7-15-30)28-34(27-31)43-25-24-37-35-20-21-39-36-18-10-11-19-41(36)44(33-16-8-3-9-17-33)42(39)38(35)22-23-40(37)43/h1-28H. The Kier molecular flexibility index (Phi) is 5.54. The molecule has 0 aliphatic rings. The minimum Gasteiger partial charge on any atom is -0.316 e. The van der Waals surface area contributed by atoms with Gasteiger partial charge in [-0.1, -0.05) is 115 Å². The number of rotatable bonds is 4. The van der Waals surface area contributed by atoms with Crippen LogP contribution in [0, 0.1) is 0 Å². The second-order valence-electron chi connectivity index (χ2n) is 11.4. The maximum absolute atomic E-state index is 2.42. The van der Waals surface area contributed by atoms with Gasteiger partial charge in [0.25, 0.3) is 0 Å². The van der Waals surface area contributed by atoms with Crippen LogP contribution in [0.1, 0.15) is 0 Å². The fraction of sp³-hybridized carbons (Fsp3) is 0. The molecule has 0 aliphatic heterocycles. The van der Waals surface area contributed by atoms with Gasteiger partial charge in [0.15, 0.2) is 0 Å². The Hall–Kier alpha value is -5.86. The lowest BCUT2D eigenvalue weighted by atomic mass is 9.98. The summed E-state index contributed by atoms with van der Waals surface area (Å²) in [6.07, 6.45) is 2.22. The molecule has 7 aromatic carbocycles. The van der Waals surface area contributed by atoms with Crippen LogP contribution in [-0.2, 0) is 0 Å². The summed E-state index contributed by atoms with van der Waals surface area (Å²) in [5.74, 6) is 0. The summed E-state index contributed by atoms with van der Waals surface area (Å²) in [5.41, 5.74) is 10.8. The Labute approximate surface area is 255 Å². The zero-order valence-electron chi connectivity index (χ0n) is 24.1. The molecule has 0 bridgehead atoms. The molecule has 206 valence electrons. The highest BCUT2D eigenvalue weighted by molar-refractivity contribution is 6.22. The first kappa shape index (κ1) is 24.7. The molecule has 0 N–H and O–H groups in total. The molecule has 0 fully saturated rings. The van der Waals surface area contributed by atoms with E-state index in [9.17, 15) is 0 Å². The minimum atomic E-state index is 1.15. The first-order valence-corrected chi connectivity index (χ1v) is 15.1. The SMILES string of the molecule is c1ccc(-c2cc(-c3ccccc3)cc(-n3ccc4c5ccc6c7ccccc7n(-c7ccccc7)c6c5ccc43)c2)cc1. The summed E-state index contributed by atoms with van der Waals surface area (Å²) in [7, 11) is 0. The van der Waals surface area contributed by atoms with Gasteiger partial charge in [0.1, 0.15) is 0 Å². The number of nitrogens with zero attached hydrogens (tertiary/aromatic N) is 2. The van der Waals surface area contributed by atoms with Crippen LogP contribution in [0.15, 0.2) is 170 Å². The second kappa shape index (κ2) is 9.86. The number of hydrogen-bond acceptors (Lipinski definition) is 0. The van der Waals surface area contributed by atoms with Crippen LogP contribution in [0.2, 0.25) is 0 Å². The van der Waals surface area contributed by atoms with Gasteiger partial charge in [-0.15, -0.1) is 0 Å². The maximum atomic E-state index is 2.42. The van der Waals surface area contributed by atoms with Crippen molar-refractivity contribution in [1.29, 1.82) is 0 Å². The van der Waals surface area contributed by atoms with Crippen LogP contribution in [0.3, 0.4) is 0 Å². The molecular weight excluding hydrogens is 532 g/mol. The first-order valence-electron chi connectivity index (χ1n) is 15.1. The van der Waals surface area contributed by atoms with E-state index in [0.29, 0.717) is 0 Å². The molecule has 9 rings (SSSR count). The van der Waals surface area contributed by atoms with Crippen molar-refractivity contribution in [3.05, 3.63) is 170 Å². The van der Waals surface area contributed by atoms with Crippen LogP contribution in [-0.4, -0.2) is 9.13 Å². The molecule has 9 aromatic rings. The second-order valence-corrected chi connectivity index (χ2v) is 11.4. The Morgan fingerprint density at radius 1 is 0.318 bits per heavy atom. The summed E-state index contributed by atoms with van der Waals surface area (Å²) >= 11 is 0. The minimum absolute atomic E-state index is 1.15. The smallest absolute Gasteiger partial charge is 0.0619 e. The van der Waals surface area contributed by atoms with Gasteiger partial charge in [0, 0.05) is 39.1 Å². The number of hydrogen-bond donors (Lipinski definition) is 0. The molecule has 2 heterocycles. The predicted molar refractivity (Wildman–Crippen MR) is 186 cm³/mol. The number of fused-ring (bicyclic) bond motifs is 7. The maximum Gasteiger partial charge on any atom is 0.0619 e. The summed E-state index contributed by atoms with van der Waals surface area (Å²) in [6, 6.07) is 59.2. The molecule has 0 radical (unpaired) electrons. The lowest BCUT2D eigenvalue weighted by molar-refractivity contribution is 1.13. The fourth-order valence-electron chi connectivity index (χ4n) is 6.91. The molecule has 0 atom stereocenters. The van der Waals surface area contributed by atoms with Gasteiger partial charge >= 0.3 is 0 Å². The van der Waals surface area contributed by atoms with E-state index in [-0.39, 0.29) is 0 Å². The molecule has 0 aliphatic carbocycles. The van der Waals surface area contributed by atoms with Gasteiger partial charge in [-0.25, -0.2) is 0 Å². The average Bonchev–Trinajstić information content (AvgIpc) is 3.69. The molecule has 2 heteroatoms. The summed E-state index contributed by atoms with van der Waals surface area (Å²) in [6.45, 7) is 0. The quantitative estimate of drug-likeness (QED) is 0.203. The summed E-state index contributed by atoms with van der Waals surface area (Å²) in [5, 5.41) is 6.32. The van der Waals surface area contributed by atoms with Crippen molar-refractivity contribution in [2.45, 2.75) is 0 Å². The Morgan fingerprint density at radius 2 is 0.864 bits per heavy atom. The topological polar surface area (TPSA) is 9.86 Å². The van der Waals surface area contributed by atoms with Crippen molar-refractivity contribution in [3.8, 4) is 33.6 Å². The Bertz CT molecular complexity index is 2410. The van der Waals surface area contributed by atoms with Crippen LogP contribution in [0.4, 0.5) is 0 Å². The largest absolute Gasteiger partial charge is 0.316 e. The van der Waals surface area contributed by atoms with E-state index in [1.807, 2.05) is 0 Å². The highest BCUT2D eigenvalue weighted by Crippen LogP contribution is 2.40.